The highest BCUT2D eigenvalue weighted by molar-refractivity contribution is 5.79. The van der Waals surface area contributed by atoms with Crippen LogP contribution in [0, 0.1) is 10.1 Å². The molecule has 0 saturated heterocycles. The second-order valence-corrected chi connectivity index (χ2v) is 6.06. The van der Waals surface area contributed by atoms with Gasteiger partial charge in [-0.25, -0.2) is 9.97 Å². The Hall–Kier alpha value is -4.28. The van der Waals surface area contributed by atoms with Crippen LogP contribution in [0.15, 0.2) is 42.7 Å². The first-order valence-electron chi connectivity index (χ1n) is 8.74. The lowest BCUT2D eigenvalue weighted by molar-refractivity contribution is -0.383. The van der Waals surface area contributed by atoms with Gasteiger partial charge in [0.2, 0.25) is 18.4 Å². The molecule has 2 heterocycles. The molecule has 0 spiro atoms. The van der Waals surface area contributed by atoms with Crippen molar-refractivity contribution in [3.05, 3.63) is 52.8 Å². The molecule has 2 aromatic carbocycles. The summed E-state index contributed by atoms with van der Waals surface area (Å²) >= 11 is 0. The summed E-state index contributed by atoms with van der Waals surface area (Å²) in [5, 5.41) is 17.7. The monoisotopic (exact) mass is 411 g/mol. The van der Waals surface area contributed by atoms with Crippen molar-refractivity contribution in [3.63, 3.8) is 0 Å². The fourth-order valence-electron chi connectivity index (χ4n) is 2.88. The van der Waals surface area contributed by atoms with Gasteiger partial charge in [-0.2, -0.15) is 0 Å². The van der Waals surface area contributed by atoms with E-state index in [1.165, 1.54) is 20.5 Å². The first-order chi connectivity index (χ1) is 14.6. The quantitative estimate of drug-likeness (QED) is 0.439. The minimum Gasteiger partial charge on any atom is -0.497 e. The molecule has 1 aliphatic rings. The number of hydrogen-bond acceptors (Lipinski definition) is 10. The Morgan fingerprint density at radius 3 is 2.50 bits per heavy atom. The molecule has 0 aliphatic carbocycles. The van der Waals surface area contributed by atoms with Crippen LogP contribution in [-0.4, -0.2) is 35.9 Å². The van der Waals surface area contributed by atoms with E-state index in [4.69, 9.17) is 18.9 Å². The van der Waals surface area contributed by atoms with Gasteiger partial charge in [0.15, 0.2) is 11.5 Å². The molecule has 0 atom stereocenters. The van der Waals surface area contributed by atoms with E-state index in [0.29, 0.717) is 34.4 Å². The molecule has 4 rings (SSSR count). The molecule has 30 heavy (non-hydrogen) atoms. The Bertz CT molecular complexity index is 1110. The third kappa shape index (κ3) is 3.68. The van der Waals surface area contributed by atoms with E-state index in [2.05, 4.69) is 20.6 Å². The summed E-state index contributed by atoms with van der Waals surface area (Å²) in [5.41, 5.74) is 0.665. The number of methoxy groups -OCH3 is 2. The molecule has 0 unspecified atom stereocenters. The molecule has 3 aromatic rings. The molecule has 0 fully saturated rings. The zero-order valence-electron chi connectivity index (χ0n) is 16.0. The average Bonchev–Trinajstić information content (AvgIpc) is 3.21. The summed E-state index contributed by atoms with van der Waals surface area (Å²) < 4.78 is 21.1. The van der Waals surface area contributed by atoms with Crippen LogP contribution in [-0.2, 0) is 0 Å². The van der Waals surface area contributed by atoms with Crippen LogP contribution in [0.3, 0.4) is 0 Å². The van der Waals surface area contributed by atoms with Crippen molar-refractivity contribution in [2.75, 3.05) is 31.6 Å². The van der Waals surface area contributed by atoms with Crippen LogP contribution in [0.1, 0.15) is 0 Å². The maximum Gasteiger partial charge on any atom is 0.353 e. The highest BCUT2D eigenvalue weighted by Crippen LogP contribution is 2.39. The smallest absolute Gasteiger partial charge is 0.353 e. The fraction of sp³-hybridized carbons (Fsp3) is 0.158. The Labute approximate surface area is 170 Å². The maximum atomic E-state index is 11.8. The van der Waals surface area contributed by atoms with Crippen molar-refractivity contribution in [1.29, 1.82) is 0 Å². The number of rotatable bonds is 7. The molecular formula is C19H17N5O6. The topological polar surface area (TPSA) is 130 Å². The van der Waals surface area contributed by atoms with Gasteiger partial charge in [0, 0.05) is 17.8 Å². The standard InChI is InChI=1S/C19H17N5O6/c1-27-12-4-6-14(28-2)13(8-12)23-19-17(24(25)26)18(20-9-21-19)22-11-3-5-15-16(7-11)30-10-29-15/h3-9H,10H2,1-2H3,(H2,20,21,22,23). The second-order valence-electron chi connectivity index (χ2n) is 6.06. The number of fused-ring (bicyclic) bond motifs is 1. The summed E-state index contributed by atoms with van der Waals surface area (Å²) in [4.78, 5) is 19.3. The van der Waals surface area contributed by atoms with Crippen molar-refractivity contribution >= 4 is 28.7 Å². The Morgan fingerprint density at radius 2 is 1.77 bits per heavy atom. The van der Waals surface area contributed by atoms with E-state index < -0.39 is 4.92 Å². The molecule has 1 aromatic heterocycles. The van der Waals surface area contributed by atoms with Gasteiger partial charge < -0.3 is 29.6 Å². The van der Waals surface area contributed by atoms with E-state index in [1.54, 1.807) is 36.4 Å². The van der Waals surface area contributed by atoms with Gasteiger partial charge in [-0.3, -0.25) is 10.1 Å². The van der Waals surface area contributed by atoms with Crippen molar-refractivity contribution in [2.24, 2.45) is 0 Å². The van der Waals surface area contributed by atoms with Crippen molar-refractivity contribution in [2.45, 2.75) is 0 Å². The van der Waals surface area contributed by atoms with Crippen molar-refractivity contribution in [3.8, 4) is 23.0 Å². The zero-order valence-corrected chi connectivity index (χ0v) is 16.0. The normalized spacial score (nSPS) is 11.7. The number of aromatic nitrogens is 2. The molecule has 0 saturated carbocycles. The van der Waals surface area contributed by atoms with Crippen molar-refractivity contribution in [1.82, 2.24) is 9.97 Å². The zero-order chi connectivity index (χ0) is 21.1. The SMILES string of the molecule is COc1ccc(OC)c(Nc2ncnc(Nc3ccc4c(c3)OCO4)c2[N+](=O)[O-])c1. The summed E-state index contributed by atoms with van der Waals surface area (Å²) in [6.07, 6.45) is 1.22. The van der Waals surface area contributed by atoms with E-state index in [0.717, 1.165) is 0 Å². The summed E-state index contributed by atoms with van der Waals surface area (Å²) in [6, 6.07) is 10.1. The molecule has 11 nitrogen and oxygen atoms in total. The van der Waals surface area contributed by atoms with Crippen LogP contribution in [0.25, 0.3) is 0 Å². The number of nitrogens with zero attached hydrogens (tertiary/aromatic N) is 3. The fourth-order valence-corrected chi connectivity index (χ4v) is 2.88. The van der Waals surface area contributed by atoms with Gasteiger partial charge in [0.25, 0.3) is 0 Å². The predicted molar refractivity (Wildman–Crippen MR) is 107 cm³/mol. The van der Waals surface area contributed by atoms with Crippen molar-refractivity contribution < 1.29 is 23.9 Å². The number of ether oxygens (including phenoxy) is 4. The third-order valence-corrected chi connectivity index (χ3v) is 4.30. The number of nitro groups is 1. The van der Waals surface area contributed by atoms with Crippen LogP contribution >= 0.6 is 0 Å². The third-order valence-electron chi connectivity index (χ3n) is 4.30. The lowest BCUT2D eigenvalue weighted by Gasteiger charge is -2.13. The summed E-state index contributed by atoms with van der Waals surface area (Å²) in [5.74, 6) is 2.16. The molecule has 0 radical (unpaired) electrons. The van der Waals surface area contributed by atoms with Gasteiger partial charge in [-0.05, 0) is 24.3 Å². The van der Waals surface area contributed by atoms with Gasteiger partial charge in [-0.1, -0.05) is 0 Å². The van der Waals surface area contributed by atoms with Gasteiger partial charge in [0.05, 0.1) is 24.8 Å². The Balaban J connectivity index is 1.69. The molecule has 154 valence electrons. The van der Waals surface area contributed by atoms with Gasteiger partial charge in [0.1, 0.15) is 17.8 Å². The van der Waals surface area contributed by atoms with E-state index >= 15 is 0 Å². The Kier molecular flexibility index (Phi) is 5.08. The molecule has 11 heteroatoms. The van der Waals surface area contributed by atoms with E-state index in [1.807, 2.05) is 0 Å². The average molecular weight is 411 g/mol. The first kappa shape index (κ1) is 19.1. The second kappa shape index (κ2) is 7.99. The highest BCUT2D eigenvalue weighted by atomic mass is 16.7. The number of hydrogen-bond donors (Lipinski definition) is 2. The Morgan fingerprint density at radius 1 is 1.00 bits per heavy atom. The summed E-state index contributed by atoms with van der Waals surface area (Å²) in [7, 11) is 3.01. The predicted octanol–water partition coefficient (Wildman–Crippen LogP) is 3.62. The van der Waals surface area contributed by atoms with E-state index in [-0.39, 0.29) is 24.1 Å². The molecular weight excluding hydrogens is 394 g/mol. The lowest BCUT2D eigenvalue weighted by Crippen LogP contribution is -2.06. The lowest BCUT2D eigenvalue weighted by atomic mass is 10.2. The van der Waals surface area contributed by atoms with Gasteiger partial charge in [-0.15, -0.1) is 0 Å². The summed E-state index contributed by atoms with van der Waals surface area (Å²) in [6.45, 7) is 0.128. The minimum atomic E-state index is -0.565. The largest absolute Gasteiger partial charge is 0.497 e. The molecule has 0 bridgehead atoms. The maximum absolute atomic E-state index is 11.8. The van der Waals surface area contributed by atoms with E-state index in [9.17, 15) is 10.1 Å². The van der Waals surface area contributed by atoms with Crippen LogP contribution < -0.4 is 29.6 Å². The molecule has 2 N–H and O–H groups in total. The number of nitrogens with one attached hydrogen (secondary N) is 2. The molecule has 1 aliphatic heterocycles. The first-order valence-corrected chi connectivity index (χ1v) is 8.74. The number of anilines is 4. The van der Waals surface area contributed by atoms with Crippen LogP contribution in [0.2, 0.25) is 0 Å². The minimum absolute atomic E-state index is 0.00945. The molecule has 0 amide bonds. The number of benzene rings is 2. The van der Waals surface area contributed by atoms with Crippen LogP contribution in [0.5, 0.6) is 23.0 Å². The van der Waals surface area contributed by atoms with Gasteiger partial charge >= 0.3 is 5.69 Å². The highest BCUT2D eigenvalue weighted by Gasteiger charge is 2.25. The van der Waals surface area contributed by atoms with Crippen LogP contribution in [0.4, 0.5) is 28.7 Å².